The Morgan fingerprint density at radius 1 is 1.28 bits per heavy atom. The number of rotatable bonds is 4. The molecular formula is C18H19N5O2. The monoisotopic (exact) mass is 337 g/mol. The van der Waals surface area contributed by atoms with Gasteiger partial charge in [0.2, 0.25) is 0 Å². The molecule has 3 aromatic rings. The minimum Gasteiger partial charge on any atom is -0.507 e. The Morgan fingerprint density at radius 3 is 2.88 bits per heavy atom. The van der Waals surface area contributed by atoms with Crippen LogP contribution in [0, 0.1) is 0 Å². The Kier molecular flexibility index (Phi) is 4.07. The summed E-state index contributed by atoms with van der Waals surface area (Å²) < 4.78 is 7.19. The highest BCUT2D eigenvalue weighted by Gasteiger charge is 2.21. The van der Waals surface area contributed by atoms with E-state index < -0.39 is 0 Å². The van der Waals surface area contributed by atoms with Crippen molar-refractivity contribution < 1.29 is 9.84 Å². The molecular weight excluding hydrogens is 318 g/mol. The first-order valence-corrected chi connectivity index (χ1v) is 8.22. The fourth-order valence-corrected chi connectivity index (χ4v) is 3.12. The molecule has 2 N–H and O–H groups in total. The zero-order chi connectivity index (χ0) is 17.2. The zero-order valence-corrected chi connectivity index (χ0v) is 13.9. The molecule has 7 heteroatoms. The molecule has 0 radical (unpaired) electrons. The van der Waals surface area contributed by atoms with E-state index >= 15 is 0 Å². The average molecular weight is 337 g/mol. The molecule has 128 valence electrons. The minimum atomic E-state index is 0.107. The van der Waals surface area contributed by atoms with Crippen molar-refractivity contribution in [2.24, 2.45) is 0 Å². The van der Waals surface area contributed by atoms with Crippen LogP contribution in [0.3, 0.4) is 0 Å². The van der Waals surface area contributed by atoms with Crippen LogP contribution in [0.1, 0.15) is 18.0 Å². The quantitative estimate of drug-likeness (QED) is 0.758. The molecule has 0 bridgehead atoms. The van der Waals surface area contributed by atoms with Gasteiger partial charge in [0, 0.05) is 42.6 Å². The van der Waals surface area contributed by atoms with E-state index in [9.17, 15) is 5.11 Å². The molecule has 2 aromatic heterocycles. The Labute approximate surface area is 145 Å². The lowest BCUT2D eigenvalue weighted by molar-refractivity contribution is 0.411. The van der Waals surface area contributed by atoms with Crippen molar-refractivity contribution in [2.75, 3.05) is 20.2 Å². The van der Waals surface area contributed by atoms with E-state index in [4.69, 9.17) is 4.74 Å². The van der Waals surface area contributed by atoms with Crippen LogP contribution in [0.15, 0.2) is 42.7 Å². The Bertz CT molecular complexity index is 873. The van der Waals surface area contributed by atoms with Gasteiger partial charge in [-0.3, -0.25) is 0 Å². The molecule has 1 saturated heterocycles. The zero-order valence-electron chi connectivity index (χ0n) is 13.9. The van der Waals surface area contributed by atoms with Gasteiger partial charge in [-0.2, -0.15) is 10.2 Å². The van der Waals surface area contributed by atoms with Gasteiger partial charge >= 0.3 is 0 Å². The number of hydrogen-bond donors (Lipinski definition) is 2. The van der Waals surface area contributed by atoms with Crippen molar-refractivity contribution in [1.29, 1.82) is 0 Å². The SMILES string of the molecule is COc1cc([C@@H]2CCNC2)nnc1-c1ccc(-n2cccn2)cc1O. The fourth-order valence-electron chi connectivity index (χ4n) is 3.12. The second kappa shape index (κ2) is 6.52. The summed E-state index contributed by atoms with van der Waals surface area (Å²) in [6.45, 7) is 1.90. The van der Waals surface area contributed by atoms with E-state index in [1.165, 1.54) is 0 Å². The third-order valence-corrected chi connectivity index (χ3v) is 4.48. The highest BCUT2D eigenvalue weighted by atomic mass is 16.5. The second-order valence-electron chi connectivity index (χ2n) is 6.03. The van der Waals surface area contributed by atoms with Gasteiger partial charge < -0.3 is 15.2 Å². The fraction of sp³-hybridized carbons (Fsp3) is 0.278. The summed E-state index contributed by atoms with van der Waals surface area (Å²) in [6, 6.07) is 9.07. The molecule has 7 nitrogen and oxygen atoms in total. The number of nitrogens with one attached hydrogen (secondary N) is 1. The number of benzene rings is 1. The van der Waals surface area contributed by atoms with Crippen molar-refractivity contribution >= 4 is 0 Å². The number of phenolic OH excluding ortho intramolecular Hbond substituents is 1. The first kappa shape index (κ1) is 15.6. The molecule has 1 aliphatic rings. The van der Waals surface area contributed by atoms with E-state index in [0.717, 1.165) is 30.9 Å². The number of phenols is 1. The Morgan fingerprint density at radius 2 is 2.20 bits per heavy atom. The molecule has 4 rings (SSSR count). The number of ether oxygens (including phenoxy) is 1. The first-order chi connectivity index (χ1) is 12.3. The normalized spacial score (nSPS) is 16.9. The lowest BCUT2D eigenvalue weighted by Gasteiger charge is -2.13. The topological polar surface area (TPSA) is 85.1 Å². The predicted molar refractivity (Wildman–Crippen MR) is 93.0 cm³/mol. The number of aromatic nitrogens is 4. The predicted octanol–water partition coefficient (Wildman–Crippen LogP) is 2.12. The second-order valence-corrected chi connectivity index (χ2v) is 6.03. The van der Waals surface area contributed by atoms with E-state index in [1.807, 2.05) is 24.4 Å². The van der Waals surface area contributed by atoms with Crippen LogP contribution >= 0.6 is 0 Å². The van der Waals surface area contributed by atoms with Crippen LogP contribution < -0.4 is 10.1 Å². The van der Waals surface area contributed by atoms with Gasteiger partial charge in [0.15, 0.2) is 0 Å². The molecule has 0 amide bonds. The summed E-state index contributed by atoms with van der Waals surface area (Å²) in [7, 11) is 1.60. The van der Waals surface area contributed by atoms with Crippen molar-refractivity contribution in [3.8, 4) is 28.4 Å². The van der Waals surface area contributed by atoms with Gasteiger partial charge in [-0.1, -0.05) is 0 Å². The number of methoxy groups -OCH3 is 1. The van der Waals surface area contributed by atoms with E-state index in [1.54, 1.807) is 30.1 Å². The van der Waals surface area contributed by atoms with Crippen molar-refractivity contribution in [3.05, 3.63) is 48.4 Å². The lowest BCUT2D eigenvalue weighted by atomic mass is 10.0. The smallest absolute Gasteiger partial charge is 0.149 e. The van der Waals surface area contributed by atoms with Gasteiger partial charge in [0.25, 0.3) is 0 Å². The van der Waals surface area contributed by atoms with Gasteiger partial charge in [-0.15, -0.1) is 5.10 Å². The van der Waals surface area contributed by atoms with Crippen LogP contribution in [-0.4, -0.2) is 45.3 Å². The molecule has 1 atom stereocenters. The van der Waals surface area contributed by atoms with Gasteiger partial charge in [0.05, 0.1) is 18.5 Å². The van der Waals surface area contributed by atoms with Crippen LogP contribution in [0.4, 0.5) is 0 Å². The van der Waals surface area contributed by atoms with Gasteiger partial charge in [0.1, 0.15) is 17.2 Å². The first-order valence-electron chi connectivity index (χ1n) is 8.22. The lowest BCUT2D eigenvalue weighted by Crippen LogP contribution is -2.10. The van der Waals surface area contributed by atoms with Crippen LogP contribution in [0.5, 0.6) is 11.5 Å². The third-order valence-electron chi connectivity index (χ3n) is 4.48. The van der Waals surface area contributed by atoms with Gasteiger partial charge in [-0.05, 0) is 31.2 Å². The molecule has 25 heavy (non-hydrogen) atoms. The van der Waals surface area contributed by atoms with Crippen molar-refractivity contribution in [2.45, 2.75) is 12.3 Å². The minimum absolute atomic E-state index is 0.107. The summed E-state index contributed by atoms with van der Waals surface area (Å²) in [5, 5.41) is 26.7. The van der Waals surface area contributed by atoms with Crippen molar-refractivity contribution in [3.63, 3.8) is 0 Å². The summed E-state index contributed by atoms with van der Waals surface area (Å²) in [5.41, 5.74) is 2.79. The molecule has 0 unspecified atom stereocenters. The number of hydrogen-bond acceptors (Lipinski definition) is 6. The van der Waals surface area contributed by atoms with E-state index in [0.29, 0.717) is 22.9 Å². The summed E-state index contributed by atoms with van der Waals surface area (Å²) >= 11 is 0. The maximum atomic E-state index is 10.5. The molecule has 1 aliphatic heterocycles. The largest absolute Gasteiger partial charge is 0.507 e. The molecule has 0 aliphatic carbocycles. The van der Waals surface area contributed by atoms with E-state index in [-0.39, 0.29) is 5.75 Å². The Balaban J connectivity index is 1.71. The third kappa shape index (κ3) is 2.94. The van der Waals surface area contributed by atoms with Crippen LogP contribution in [0.2, 0.25) is 0 Å². The molecule has 1 fully saturated rings. The van der Waals surface area contributed by atoms with Gasteiger partial charge in [-0.25, -0.2) is 4.68 Å². The Hall–Kier alpha value is -2.93. The highest BCUT2D eigenvalue weighted by molar-refractivity contribution is 5.73. The number of nitrogens with zero attached hydrogens (tertiary/aromatic N) is 4. The molecule has 1 aromatic carbocycles. The van der Waals surface area contributed by atoms with Crippen LogP contribution in [0.25, 0.3) is 16.9 Å². The summed E-state index contributed by atoms with van der Waals surface area (Å²) in [5.74, 6) is 1.07. The summed E-state index contributed by atoms with van der Waals surface area (Å²) in [6.07, 6.45) is 4.55. The summed E-state index contributed by atoms with van der Waals surface area (Å²) in [4.78, 5) is 0. The average Bonchev–Trinajstić information content (AvgIpc) is 3.35. The number of aromatic hydroxyl groups is 1. The van der Waals surface area contributed by atoms with Crippen LogP contribution in [-0.2, 0) is 0 Å². The standard InChI is InChI=1S/C18H19N5O2/c1-25-17-10-15(12-5-7-19-11-12)21-22-18(17)14-4-3-13(9-16(14)24)23-8-2-6-20-23/h2-4,6,8-10,12,19,24H,5,7,11H2,1H3/t12-/m1/s1. The highest BCUT2D eigenvalue weighted by Crippen LogP contribution is 2.36. The van der Waals surface area contributed by atoms with Crippen molar-refractivity contribution in [1.82, 2.24) is 25.3 Å². The maximum absolute atomic E-state index is 10.5. The van der Waals surface area contributed by atoms with E-state index in [2.05, 4.69) is 20.6 Å². The molecule has 0 saturated carbocycles. The maximum Gasteiger partial charge on any atom is 0.149 e. The molecule has 3 heterocycles. The molecule has 0 spiro atoms.